The van der Waals surface area contributed by atoms with Gasteiger partial charge in [-0.25, -0.2) is 0 Å². The van der Waals surface area contributed by atoms with E-state index in [1.54, 1.807) is 0 Å². The zero-order chi connectivity index (χ0) is 12.8. The highest BCUT2D eigenvalue weighted by Gasteiger charge is 2.29. The van der Waals surface area contributed by atoms with Crippen molar-refractivity contribution >= 4 is 0 Å². The molecule has 2 nitrogen and oxygen atoms in total. The third kappa shape index (κ3) is 3.96. The SMILES string of the molecule is CCNC1CCCCCCC1N1CCCC(C)C1. The maximum absolute atomic E-state index is 3.77. The van der Waals surface area contributed by atoms with Crippen LogP contribution in [0.25, 0.3) is 0 Å². The van der Waals surface area contributed by atoms with Crippen LogP contribution in [-0.4, -0.2) is 36.6 Å². The van der Waals surface area contributed by atoms with E-state index in [1.165, 1.54) is 64.5 Å². The highest BCUT2D eigenvalue weighted by Crippen LogP contribution is 2.26. The normalized spacial score (nSPS) is 36.0. The standard InChI is InChI=1S/C16H32N2/c1-3-17-15-10-6-4-5-7-11-16(15)18-12-8-9-14(2)13-18/h14-17H,3-13H2,1-2H3. The second-order valence-corrected chi connectivity index (χ2v) is 6.47. The molecule has 0 aromatic rings. The van der Waals surface area contributed by atoms with E-state index in [2.05, 4.69) is 24.1 Å². The van der Waals surface area contributed by atoms with Gasteiger partial charge in [0.1, 0.15) is 0 Å². The average molecular weight is 252 g/mol. The molecule has 1 heterocycles. The van der Waals surface area contributed by atoms with E-state index in [-0.39, 0.29) is 0 Å². The summed E-state index contributed by atoms with van der Waals surface area (Å²) in [5, 5.41) is 3.77. The highest BCUT2D eigenvalue weighted by atomic mass is 15.2. The van der Waals surface area contributed by atoms with E-state index in [1.807, 2.05) is 0 Å². The van der Waals surface area contributed by atoms with Crippen molar-refractivity contribution in [3.05, 3.63) is 0 Å². The molecule has 3 atom stereocenters. The lowest BCUT2D eigenvalue weighted by Gasteiger charge is -2.42. The predicted octanol–water partition coefficient (Wildman–Crippen LogP) is 3.42. The van der Waals surface area contributed by atoms with Crippen LogP contribution in [0.15, 0.2) is 0 Å². The molecule has 1 N–H and O–H groups in total. The van der Waals surface area contributed by atoms with E-state index < -0.39 is 0 Å². The van der Waals surface area contributed by atoms with Crippen LogP contribution in [0.4, 0.5) is 0 Å². The quantitative estimate of drug-likeness (QED) is 0.828. The van der Waals surface area contributed by atoms with Gasteiger partial charge < -0.3 is 5.32 Å². The summed E-state index contributed by atoms with van der Waals surface area (Å²) in [6.45, 7) is 8.50. The van der Waals surface area contributed by atoms with Crippen LogP contribution in [0.1, 0.15) is 65.2 Å². The summed E-state index contributed by atoms with van der Waals surface area (Å²) in [5.41, 5.74) is 0. The van der Waals surface area contributed by atoms with Crippen molar-refractivity contribution in [1.29, 1.82) is 0 Å². The van der Waals surface area contributed by atoms with E-state index in [9.17, 15) is 0 Å². The third-order valence-electron chi connectivity index (χ3n) is 4.85. The lowest BCUT2D eigenvalue weighted by atomic mass is 9.88. The Hall–Kier alpha value is -0.0800. The number of likely N-dealkylation sites (N-methyl/N-ethyl adjacent to an activating group) is 1. The molecule has 2 heteroatoms. The molecule has 0 radical (unpaired) electrons. The molecule has 2 fully saturated rings. The van der Waals surface area contributed by atoms with Gasteiger partial charge in [0.25, 0.3) is 0 Å². The Kier molecular flexibility index (Phi) is 5.97. The Morgan fingerprint density at radius 2 is 1.78 bits per heavy atom. The molecule has 3 unspecified atom stereocenters. The number of nitrogens with one attached hydrogen (secondary N) is 1. The molecule has 0 aromatic carbocycles. The van der Waals surface area contributed by atoms with Crippen LogP contribution in [0, 0.1) is 5.92 Å². The lowest BCUT2D eigenvalue weighted by molar-refractivity contribution is 0.0888. The van der Waals surface area contributed by atoms with Crippen molar-refractivity contribution in [2.75, 3.05) is 19.6 Å². The molecule has 0 bridgehead atoms. The number of hydrogen-bond acceptors (Lipinski definition) is 2. The number of nitrogens with zero attached hydrogens (tertiary/aromatic N) is 1. The van der Waals surface area contributed by atoms with Crippen LogP contribution in [0.5, 0.6) is 0 Å². The molecular formula is C16H32N2. The van der Waals surface area contributed by atoms with Crippen molar-refractivity contribution in [1.82, 2.24) is 10.2 Å². The Labute approximate surface area is 114 Å². The summed E-state index contributed by atoms with van der Waals surface area (Å²) < 4.78 is 0. The lowest BCUT2D eigenvalue weighted by Crippen LogP contribution is -2.53. The van der Waals surface area contributed by atoms with Crippen LogP contribution in [-0.2, 0) is 0 Å². The van der Waals surface area contributed by atoms with Gasteiger partial charge in [0.15, 0.2) is 0 Å². The monoisotopic (exact) mass is 252 g/mol. The van der Waals surface area contributed by atoms with Gasteiger partial charge in [-0.3, -0.25) is 4.90 Å². The fourth-order valence-corrected chi connectivity index (χ4v) is 3.93. The highest BCUT2D eigenvalue weighted by molar-refractivity contribution is 4.88. The summed E-state index contributed by atoms with van der Waals surface area (Å²) in [7, 11) is 0. The summed E-state index contributed by atoms with van der Waals surface area (Å²) in [6, 6.07) is 1.56. The zero-order valence-corrected chi connectivity index (χ0v) is 12.5. The Bertz CT molecular complexity index is 225. The van der Waals surface area contributed by atoms with Crippen molar-refractivity contribution in [3.63, 3.8) is 0 Å². The minimum absolute atomic E-state index is 0.751. The number of piperidine rings is 1. The Morgan fingerprint density at radius 1 is 1.00 bits per heavy atom. The van der Waals surface area contributed by atoms with Crippen molar-refractivity contribution in [2.45, 2.75) is 77.3 Å². The van der Waals surface area contributed by atoms with Crippen LogP contribution >= 0.6 is 0 Å². The summed E-state index contributed by atoms with van der Waals surface area (Å²) in [4.78, 5) is 2.81. The maximum Gasteiger partial charge on any atom is 0.0249 e. The van der Waals surface area contributed by atoms with Gasteiger partial charge in [0, 0.05) is 18.6 Å². The van der Waals surface area contributed by atoms with Crippen molar-refractivity contribution in [2.24, 2.45) is 5.92 Å². The molecule has 0 aromatic heterocycles. The van der Waals surface area contributed by atoms with Gasteiger partial charge in [-0.2, -0.15) is 0 Å². The van der Waals surface area contributed by atoms with Gasteiger partial charge in [-0.05, 0) is 44.7 Å². The average Bonchev–Trinajstić information content (AvgIpc) is 2.33. The maximum atomic E-state index is 3.77. The van der Waals surface area contributed by atoms with Gasteiger partial charge in [-0.15, -0.1) is 0 Å². The molecule has 106 valence electrons. The molecule has 2 aliphatic rings. The largest absolute Gasteiger partial charge is 0.313 e. The first-order valence-electron chi connectivity index (χ1n) is 8.28. The van der Waals surface area contributed by atoms with Crippen molar-refractivity contribution < 1.29 is 0 Å². The molecule has 1 saturated carbocycles. The Balaban J connectivity index is 1.98. The molecule has 2 rings (SSSR count). The number of rotatable bonds is 3. The third-order valence-corrected chi connectivity index (χ3v) is 4.85. The number of likely N-dealkylation sites (tertiary alicyclic amines) is 1. The van der Waals surface area contributed by atoms with E-state index in [0.717, 1.165) is 24.5 Å². The zero-order valence-electron chi connectivity index (χ0n) is 12.5. The second kappa shape index (κ2) is 7.49. The second-order valence-electron chi connectivity index (χ2n) is 6.47. The Morgan fingerprint density at radius 3 is 2.50 bits per heavy atom. The van der Waals surface area contributed by atoms with Crippen molar-refractivity contribution in [3.8, 4) is 0 Å². The number of hydrogen-bond donors (Lipinski definition) is 1. The first-order chi connectivity index (χ1) is 8.81. The first-order valence-corrected chi connectivity index (χ1v) is 8.28. The van der Waals surface area contributed by atoms with E-state index >= 15 is 0 Å². The molecule has 1 saturated heterocycles. The fourth-order valence-electron chi connectivity index (χ4n) is 3.93. The minimum atomic E-state index is 0.751. The fraction of sp³-hybridized carbons (Fsp3) is 1.00. The first kappa shape index (κ1) is 14.3. The predicted molar refractivity (Wildman–Crippen MR) is 78.9 cm³/mol. The molecule has 1 aliphatic carbocycles. The van der Waals surface area contributed by atoms with Crippen LogP contribution < -0.4 is 5.32 Å². The summed E-state index contributed by atoms with van der Waals surface area (Å²) in [6.07, 6.45) is 11.4. The summed E-state index contributed by atoms with van der Waals surface area (Å²) in [5.74, 6) is 0.909. The van der Waals surface area contributed by atoms with Crippen LogP contribution in [0.2, 0.25) is 0 Å². The van der Waals surface area contributed by atoms with Crippen LogP contribution in [0.3, 0.4) is 0 Å². The molecule has 0 amide bonds. The minimum Gasteiger partial charge on any atom is -0.313 e. The topological polar surface area (TPSA) is 15.3 Å². The van der Waals surface area contributed by atoms with E-state index in [0.29, 0.717) is 0 Å². The molecular weight excluding hydrogens is 220 g/mol. The smallest absolute Gasteiger partial charge is 0.0249 e. The van der Waals surface area contributed by atoms with E-state index in [4.69, 9.17) is 0 Å². The van der Waals surface area contributed by atoms with Gasteiger partial charge >= 0.3 is 0 Å². The van der Waals surface area contributed by atoms with Gasteiger partial charge in [0.05, 0.1) is 0 Å². The van der Waals surface area contributed by atoms with Gasteiger partial charge in [0.2, 0.25) is 0 Å². The van der Waals surface area contributed by atoms with Gasteiger partial charge in [-0.1, -0.05) is 39.5 Å². The molecule has 18 heavy (non-hydrogen) atoms. The molecule has 1 aliphatic heterocycles. The summed E-state index contributed by atoms with van der Waals surface area (Å²) >= 11 is 0. The molecule has 0 spiro atoms.